The molecule has 2 aromatic carbocycles. The van der Waals surface area contributed by atoms with Crippen LogP contribution in [0.4, 0.5) is 0 Å². The molecule has 1 aliphatic heterocycles. The van der Waals surface area contributed by atoms with Crippen molar-refractivity contribution in [2.75, 3.05) is 0 Å². The number of unbranched alkanes of at least 4 members (excludes halogenated alkanes) is 2. The molecule has 33 heavy (non-hydrogen) atoms. The van der Waals surface area contributed by atoms with Crippen LogP contribution in [0.2, 0.25) is 10.8 Å². The maximum absolute atomic E-state index is 11.1. The molecule has 0 fully saturated rings. The Balaban J connectivity index is 0.000000696. The van der Waals surface area contributed by atoms with Gasteiger partial charge in [0, 0.05) is 22.8 Å². The van der Waals surface area contributed by atoms with Crippen LogP contribution in [-0.2, 0) is 27.3 Å². The average molecular weight is 489 g/mol. The molecule has 0 radical (unpaired) electrons. The SMILES string of the molecule is CCCCc1cccc(C2=CC(CC)=C(c3cccc(CCCC)c3)[N+]2=[N-])c1.C[CH2][Ni][CH2]C. The Kier molecular flexibility index (Phi) is 12.4. The first-order valence-electron chi connectivity index (χ1n) is 12.7. The topological polar surface area (TPSA) is 25.3 Å². The summed E-state index contributed by atoms with van der Waals surface area (Å²) < 4.78 is 1.40. The van der Waals surface area contributed by atoms with E-state index in [4.69, 9.17) is 0 Å². The van der Waals surface area contributed by atoms with Crippen LogP contribution in [0, 0.1) is 0 Å². The van der Waals surface area contributed by atoms with Crippen LogP contribution in [0.5, 0.6) is 0 Å². The molecule has 3 rings (SSSR count). The summed E-state index contributed by atoms with van der Waals surface area (Å²) in [5, 5.41) is 2.56. The molecular weight excluding hydrogens is 447 g/mol. The van der Waals surface area contributed by atoms with Gasteiger partial charge in [0.2, 0.25) is 11.4 Å². The molecule has 1 heterocycles. The van der Waals surface area contributed by atoms with Crippen molar-refractivity contribution in [3.05, 3.63) is 88.0 Å². The summed E-state index contributed by atoms with van der Waals surface area (Å²) in [7, 11) is 0. The van der Waals surface area contributed by atoms with E-state index in [-0.39, 0.29) is 0 Å². The van der Waals surface area contributed by atoms with Gasteiger partial charge in [0.05, 0.1) is 0 Å². The first-order chi connectivity index (χ1) is 16.1. The zero-order chi connectivity index (χ0) is 24.1. The van der Waals surface area contributed by atoms with Gasteiger partial charge in [-0.1, -0.05) is 57.9 Å². The van der Waals surface area contributed by atoms with Crippen molar-refractivity contribution in [3.8, 4) is 0 Å². The van der Waals surface area contributed by atoms with E-state index in [0.717, 1.165) is 41.8 Å². The summed E-state index contributed by atoms with van der Waals surface area (Å²) in [5.41, 5.74) is 18.9. The quantitative estimate of drug-likeness (QED) is 0.222. The van der Waals surface area contributed by atoms with E-state index in [1.54, 1.807) is 0 Å². The van der Waals surface area contributed by atoms with Crippen molar-refractivity contribution in [2.24, 2.45) is 0 Å². The molecule has 182 valence electrons. The zero-order valence-electron chi connectivity index (χ0n) is 21.3. The van der Waals surface area contributed by atoms with E-state index in [0.29, 0.717) is 0 Å². The number of rotatable bonds is 11. The van der Waals surface area contributed by atoms with Crippen LogP contribution < -0.4 is 0 Å². The summed E-state index contributed by atoms with van der Waals surface area (Å²) in [6.07, 6.45) is 9.99. The number of nitrogens with zero attached hydrogens (tertiary/aromatic N) is 2. The Morgan fingerprint density at radius 1 is 0.758 bits per heavy atom. The fourth-order valence-electron chi connectivity index (χ4n) is 4.01. The van der Waals surface area contributed by atoms with E-state index in [1.807, 2.05) is 14.4 Å². The van der Waals surface area contributed by atoms with Crippen LogP contribution >= 0.6 is 0 Å². The second-order valence-electron chi connectivity index (χ2n) is 8.28. The Labute approximate surface area is 208 Å². The summed E-state index contributed by atoms with van der Waals surface area (Å²) in [6, 6.07) is 17.2. The summed E-state index contributed by atoms with van der Waals surface area (Å²) in [5.74, 6) is 0. The maximum atomic E-state index is 11.1. The number of benzene rings is 2. The van der Waals surface area contributed by atoms with Crippen molar-refractivity contribution < 1.29 is 19.1 Å². The van der Waals surface area contributed by atoms with Crippen molar-refractivity contribution in [2.45, 2.75) is 90.3 Å². The monoisotopic (exact) mass is 488 g/mol. The second kappa shape index (κ2) is 15.0. The fraction of sp³-hybridized carbons (Fsp3) is 0.467. The third-order valence-corrected chi connectivity index (χ3v) is 6.80. The zero-order valence-corrected chi connectivity index (χ0v) is 22.3. The van der Waals surface area contributed by atoms with Gasteiger partial charge in [0.15, 0.2) is 0 Å². The Bertz CT molecular complexity index is 953. The standard InChI is InChI=1S/C26H32N2.2C2H5.Ni/c1-4-7-11-20-13-9-15-23(17-20)25-19-22(6-3)26(28(25)27)24-16-10-14-21(18-24)12-8-5-2;2*1-2;/h9-10,13-19H,4-8,11-12H2,1-3H3;2*1H2,2H3;. The van der Waals surface area contributed by atoms with Crippen LogP contribution in [0.15, 0.2) is 60.2 Å². The molecule has 0 saturated heterocycles. The fourth-order valence-corrected chi connectivity index (χ4v) is 4.51. The number of hydrogen-bond donors (Lipinski definition) is 0. The molecule has 1 aliphatic rings. The van der Waals surface area contributed by atoms with Crippen LogP contribution in [0.1, 0.15) is 89.0 Å². The van der Waals surface area contributed by atoms with Gasteiger partial charge in [-0.25, -0.2) is 4.70 Å². The summed E-state index contributed by atoms with van der Waals surface area (Å²) in [6.45, 7) is 11.0. The van der Waals surface area contributed by atoms with Crippen LogP contribution in [-0.4, -0.2) is 4.70 Å². The van der Waals surface area contributed by atoms with Crippen molar-refractivity contribution in [1.29, 1.82) is 0 Å². The van der Waals surface area contributed by atoms with Gasteiger partial charge in [-0.15, -0.1) is 0 Å². The van der Waals surface area contributed by atoms with Gasteiger partial charge in [0.1, 0.15) is 0 Å². The third-order valence-electron chi connectivity index (χ3n) is 5.81. The van der Waals surface area contributed by atoms with Gasteiger partial charge in [-0.05, 0) is 67.5 Å². The first-order valence-corrected chi connectivity index (χ1v) is 14.1. The van der Waals surface area contributed by atoms with E-state index in [1.165, 1.54) is 57.9 Å². The van der Waals surface area contributed by atoms with E-state index in [2.05, 4.69) is 89.2 Å². The number of aryl methyl sites for hydroxylation is 2. The van der Waals surface area contributed by atoms with Crippen molar-refractivity contribution >= 4 is 11.4 Å². The van der Waals surface area contributed by atoms with E-state index >= 15 is 0 Å². The van der Waals surface area contributed by atoms with Crippen molar-refractivity contribution in [1.82, 2.24) is 0 Å². The molecule has 0 N–H and O–H groups in total. The molecule has 0 aliphatic carbocycles. The van der Waals surface area contributed by atoms with Crippen molar-refractivity contribution in [3.63, 3.8) is 0 Å². The Hall–Kier alpha value is -1.99. The summed E-state index contributed by atoms with van der Waals surface area (Å²) >= 11 is 1.82. The molecule has 0 spiro atoms. The average Bonchev–Trinajstić information content (AvgIpc) is 3.19. The molecule has 2 aromatic rings. The third kappa shape index (κ3) is 8.07. The Morgan fingerprint density at radius 3 is 1.79 bits per heavy atom. The summed E-state index contributed by atoms with van der Waals surface area (Å²) in [4.78, 5) is 0. The van der Waals surface area contributed by atoms with Crippen LogP contribution in [0.3, 0.4) is 0 Å². The van der Waals surface area contributed by atoms with Gasteiger partial charge in [-0.2, -0.15) is 0 Å². The predicted octanol–water partition coefficient (Wildman–Crippen LogP) is 9.53. The molecule has 0 aromatic heterocycles. The van der Waals surface area contributed by atoms with Gasteiger partial charge in [0.25, 0.3) is 0 Å². The molecule has 0 amide bonds. The first kappa shape index (κ1) is 27.3. The molecule has 0 unspecified atom stereocenters. The van der Waals surface area contributed by atoms with E-state index in [9.17, 15) is 5.53 Å². The predicted molar refractivity (Wildman–Crippen MR) is 140 cm³/mol. The minimum atomic E-state index is 0.879. The molecule has 0 bridgehead atoms. The molecule has 0 saturated carbocycles. The van der Waals surface area contributed by atoms with Gasteiger partial charge < -0.3 is 5.53 Å². The minimum absolute atomic E-state index is 0.879. The van der Waals surface area contributed by atoms with E-state index < -0.39 is 0 Å². The molecular formula is C30H42N2Ni. The number of allylic oxidation sites excluding steroid dienone is 2. The van der Waals surface area contributed by atoms with Gasteiger partial charge in [-0.3, -0.25) is 0 Å². The molecule has 3 heteroatoms. The number of hydrogen-bond acceptors (Lipinski definition) is 0. The van der Waals surface area contributed by atoms with Crippen LogP contribution in [0.25, 0.3) is 16.9 Å². The molecule has 2 nitrogen and oxygen atoms in total. The van der Waals surface area contributed by atoms with Gasteiger partial charge >= 0.3 is 39.1 Å². The normalized spacial score (nSPS) is 13.2. The molecule has 0 atom stereocenters. The Morgan fingerprint density at radius 2 is 1.30 bits per heavy atom. The second-order valence-corrected chi connectivity index (χ2v) is 10.2.